The van der Waals surface area contributed by atoms with Crippen molar-refractivity contribution in [1.29, 1.82) is 0 Å². The zero-order valence-electron chi connectivity index (χ0n) is 11.7. The zero-order chi connectivity index (χ0) is 12.4. The fourth-order valence-corrected chi connectivity index (χ4v) is 1.42. The average molecular weight is 231 g/mol. The van der Waals surface area contributed by atoms with Crippen LogP contribution in [0.2, 0.25) is 0 Å². The van der Waals surface area contributed by atoms with Crippen LogP contribution < -0.4 is 0 Å². The van der Waals surface area contributed by atoms with Gasteiger partial charge in [0.15, 0.2) is 0 Å². The highest BCUT2D eigenvalue weighted by Crippen LogP contribution is 1.96. The fourth-order valence-electron chi connectivity index (χ4n) is 1.42. The number of rotatable bonds is 10. The van der Waals surface area contributed by atoms with Crippen LogP contribution in [0, 0.1) is 0 Å². The molecule has 0 radical (unpaired) electrons. The molecule has 0 amide bonds. The lowest BCUT2D eigenvalue weighted by Gasteiger charge is -2.17. The molecular formula is C13H29NO2. The summed E-state index contributed by atoms with van der Waals surface area (Å²) in [4.78, 5) is 2.34. The molecule has 0 aromatic rings. The van der Waals surface area contributed by atoms with Gasteiger partial charge >= 0.3 is 0 Å². The molecule has 0 rings (SSSR count). The van der Waals surface area contributed by atoms with E-state index >= 15 is 0 Å². The van der Waals surface area contributed by atoms with Crippen LogP contribution >= 0.6 is 0 Å². The molecule has 0 aromatic heterocycles. The number of hydrogen-bond donors (Lipinski definition) is 0. The Labute approximate surface area is 101 Å². The molecule has 0 saturated heterocycles. The molecule has 0 heterocycles. The normalized spacial score (nSPS) is 12.0. The highest BCUT2D eigenvalue weighted by atomic mass is 16.5. The summed E-state index contributed by atoms with van der Waals surface area (Å²) in [5.74, 6) is 0. The quantitative estimate of drug-likeness (QED) is 0.539. The molecule has 0 fully saturated rings. The minimum atomic E-state index is 0.352. The van der Waals surface area contributed by atoms with E-state index < -0.39 is 0 Å². The molecule has 0 N–H and O–H groups in total. The van der Waals surface area contributed by atoms with Gasteiger partial charge in [-0.05, 0) is 47.6 Å². The van der Waals surface area contributed by atoms with Crippen molar-refractivity contribution >= 4 is 0 Å². The smallest absolute Gasteiger partial charge is 0.0518 e. The summed E-state index contributed by atoms with van der Waals surface area (Å²) < 4.78 is 11.0. The van der Waals surface area contributed by atoms with E-state index in [0.717, 1.165) is 39.1 Å². The lowest BCUT2D eigenvalue weighted by atomic mass is 10.3. The summed E-state index contributed by atoms with van der Waals surface area (Å²) in [7, 11) is 2.16. The Morgan fingerprint density at radius 1 is 0.812 bits per heavy atom. The molecule has 98 valence electrons. The van der Waals surface area contributed by atoms with Crippen molar-refractivity contribution in [2.45, 2.75) is 52.7 Å². The molecule has 0 unspecified atom stereocenters. The van der Waals surface area contributed by atoms with Crippen LogP contribution in [0.3, 0.4) is 0 Å². The molecule has 0 bridgehead atoms. The van der Waals surface area contributed by atoms with Crippen LogP contribution in [0.5, 0.6) is 0 Å². The van der Waals surface area contributed by atoms with Crippen LogP contribution in [-0.2, 0) is 9.47 Å². The van der Waals surface area contributed by atoms with E-state index in [2.05, 4.69) is 39.6 Å². The van der Waals surface area contributed by atoms with Crippen LogP contribution in [0.25, 0.3) is 0 Å². The van der Waals surface area contributed by atoms with Crippen molar-refractivity contribution in [2.75, 3.05) is 33.4 Å². The Kier molecular flexibility index (Phi) is 9.99. The monoisotopic (exact) mass is 231 g/mol. The predicted octanol–water partition coefficient (Wildman–Crippen LogP) is 2.55. The summed E-state index contributed by atoms with van der Waals surface area (Å²) in [5, 5.41) is 0. The predicted molar refractivity (Wildman–Crippen MR) is 68.9 cm³/mol. The first-order valence-corrected chi connectivity index (χ1v) is 6.44. The lowest BCUT2D eigenvalue weighted by Crippen LogP contribution is -2.23. The maximum atomic E-state index is 5.50. The van der Waals surface area contributed by atoms with Gasteiger partial charge in [0.2, 0.25) is 0 Å². The van der Waals surface area contributed by atoms with Crippen LogP contribution in [0.4, 0.5) is 0 Å². The molecule has 0 aliphatic rings. The largest absolute Gasteiger partial charge is 0.379 e. The molecule has 3 nitrogen and oxygen atoms in total. The van der Waals surface area contributed by atoms with E-state index in [1.165, 1.54) is 0 Å². The molecular weight excluding hydrogens is 202 g/mol. The van der Waals surface area contributed by atoms with Crippen molar-refractivity contribution < 1.29 is 9.47 Å². The molecule has 0 atom stereocenters. The number of hydrogen-bond acceptors (Lipinski definition) is 3. The van der Waals surface area contributed by atoms with Crippen LogP contribution in [-0.4, -0.2) is 50.5 Å². The second-order valence-corrected chi connectivity index (χ2v) is 4.85. The van der Waals surface area contributed by atoms with E-state index in [4.69, 9.17) is 9.47 Å². The first kappa shape index (κ1) is 15.9. The third-order valence-electron chi connectivity index (χ3n) is 2.27. The molecule has 0 aliphatic carbocycles. The van der Waals surface area contributed by atoms with Gasteiger partial charge in [0.1, 0.15) is 0 Å². The average Bonchev–Trinajstić information content (AvgIpc) is 2.19. The van der Waals surface area contributed by atoms with Gasteiger partial charge < -0.3 is 14.4 Å². The molecule has 3 heteroatoms. The zero-order valence-corrected chi connectivity index (χ0v) is 11.7. The summed E-state index contributed by atoms with van der Waals surface area (Å²) in [6, 6.07) is 0. The van der Waals surface area contributed by atoms with E-state index in [-0.39, 0.29) is 0 Å². The molecule has 16 heavy (non-hydrogen) atoms. The number of ether oxygens (including phenoxy) is 2. The number of nitrogens with zero attached hydrogens (tertiary/aromatic N) is 1. The maximum Gasteiger partial charge on any atom is 0.0518 e. The standard InChI is InChI=1S/C13H29NO2/c1-12(2)15-10-6-8-14(5)9-7-11-16-13(3)4/h12-13H,6-11H2,1-5H3. The van der Waals surface area contributed by atoms with Crippen molar-refractivity contribution in [3.63, 3.8) is 0 Å². The van der Waals surface area contributed by atoms with Gasteiger partial charge in [0.25, 0.3) is 0 Å². The Morgan fingerprint density at radius 2 is 1.19 bits per heavy atom. The second kappa shape index (κ2) is 10.1. The first-order valence-electron chi connectivity index (χ1n) is 6.44. The second-order valence-electron chi connectivity index (χ2n) is 4.85. The highest BCUT2D eigenvalue weighted by Gasteiger charge is 2.00. The maximum absolute atomic E-state index is 5.50. The van der Waals surface area contributed by atoms with E-state index in [0.29, 0.717) is 12.2 Å². The van der Waals surface area contributed by atoms with E-state index in [1.807, 2.05) is 0 Å². The minimum absolute atomic E-state index is 0.352. The van der Waals surface area contributed by atoms with Crippen LogP contribution in [0.1, 0.15) is 40.5 Å². The van der Waals surface area contributed by atoms with Gasteiger partial charge in [-0.3, -0.25) is 0 Å². The van der Waals surface area contributed by atoms with Crippen molar-refractivity contribution in [1.82, 2.24) is 4.90 Å². The van der Waals surface area contributed by atoms with Gasteiger partial charge in [0.05, 0.1) is 12.2 Å². The summed E-state index contributed by atoms with van der Waals surface area (Å²) in [6.07, 6.45) is 2.92. The third-order valence-corrected chi connectivity index (χ3v) is 2.27. The van der Waals surface area contributed by atoms with E-state index in [9.17, 15) is 0 Å². The van der Waals surface area contributed by atoms with Gasteiger partial charge in [0, 0.05) is 26.3 Å². The summed E-state index contributed by atoms with van der Waals surface area (Å²) in [5.41, 5.74) is 0. The lowest BCUT2D eigenvalue weighted by molar-refractivity contribution is 0.0647. The first-order chi connectivity index (χ1) is 7.52. The van der Waals surface area contributed by atoms with Crippen molar-refractivity contribution in [3.8, 4) is 0 Å². The minimum Gasteiger partial charge on any atom is -0.379 e. The van der Waals surface area contributed by atoms with Gasteiger partial charge in [-0.15, -0.1) is 0 Å². The molecule has 0 aliphatic heterocycles. The Balaban J connectivity index is 3.21. The molecule has 0 aromatic carbocycles. The third kappa shape index (κ3) is 12.0. The summed E-state index contributed by atoms with van der Waals surface area (Å²) in [6.45, 7) is 12.2. The SMILES string of the molecule is CC(C)OCCCN(C)CCCOC(C)C. The van der Waals surface area contributed by atoms with Gasteiger partial charge in [-0.2, -0.15) is 0 Å². The van der Waals surface area contributed by atoms with Crippen molar-refractivity contribution in [3.05, 3.63) is 0 Å². The fraction of sp³-hybridized carbons (Fsp3) is 1.00. The van der Waals surface area contributed by atoms with E-state index in [1.54, 1.807) is 0 Å². The Bertz CT molecular complexity index is 133. The summed E-state index contributed by atoms with van der Waals surface area (Å²) >= 11 is 0. The van der Waals surface area contributed by atoms with Crippen LogP contribution in [0.15, 0.2) is 0 Å². The van der Waals surface area contributed by atoms with Crippen molar-refractivity contribution in [2.24, 2.45) is 0 Å². The Hall–Kier alpha value is -0.120. The highest BCUT2D eigenvalue weighted by molar-refractivity contribution is 4.52. The molecule has 0 spiro atoms. The molecule has 0 saturated carbocycles. The Morgan fingerprint density at radius 3 is 1.50 bits per heavy atom. The topological polar surface area (TPSA) is 21.7 Å². The van der Waals surface area contributed by atoms with Gasteiger partial charge in [-0.25, -0.2) is 0 Å². The van der Waals surface area contributed by atoms with Gasteiger partial charge in [-0.1, -0.05) is 0 Å².